The number of carbonyl (C=O) groups excluding carboxylic acids is 1. The van der Waals surface area contributed by atoms with Crippen LogP contribution in [0, 0.1) is 11.8 Å². The van der Waals surface area contributed by atoms with E-state index in [0.717, 1.165) is 44.8 Å². The predicted octanol–water partition coefficient (Wildman–Crippen LogP) is 1.70. The molecule has 1 amide bonds. The summed E-state index contributed by atoms with van der Waals surface area (Å²) in [6, 6.07) is 0.424. The molecular formula is C15H28N2O2. The number of rotatable bonds is 6. The van der Waals surface area contributed by atoms with Gasteiger partial charge in [-0.3, -0.25) is 4.79 Å². The Bertz CT molecular complexity index is 282. The van der Waals surface area contributed by atoms with Crippen LogP contribution in [0.3, 0.4) is 0 Å². The van der Waals surface area contributed by atoms with Crippen LogP contribution in [0.25, 0.3) is 0 Å². The molecule has 2 aliphatic rings. The molecule has 0 saturated heterocycles. The Morgan fingerprint density at radius 2 is 1.89 bits per heavy atom. The summed E-state index contributed by atoms with van der Waals surface area (Å²) in [7, 11) is 1.92. The normalized spacial score (nSPS) is 34.6. The molecule has 4 heteroatoms. The van der Waals surface area contributed by atoms with E-state index in [9.17, 15) is 4.79 Å². The van der Waals surface area contributed by atoms with E-state index in [2.05, 4.69) is 17.6 Å². The van der Waals surface area contributed by atoms with Gasteiger partial charge in [0.1, 0.15) is 0 Å². The lowest BCUT2D eigenvalue weighted by Gasteiger charge is -2.36. The van der Waals surface area contributed by atoms with Gasteiger partial charge in [-0.1, -0.05) is 6.92 Å². The van der Waals surface area contributed by atoms with Crippen LogP contribution in [-0.4, -0.2) is 38.3 Å². The molecule has 0 radical (unpaired) electrons. The van der Waals surface area contributed by atoms with Crippen LogP contribution in [-0.2, 0) is 9.53 Å². The van der Waals surface area contributed by atoms with Gasteiger partial charge in [0.2, 0.25) is 5.91 Å². The standard InChI is InChI=1S/C15H28N2O2/c1-11-3-5-13(6-4-11)17-15(18)12-9-14(10-12)19-8-7-16-2/h11-14,16H,3-10H2,1-2H3,(H,17,18). The van der Waals surface area contributed by atoms with Gasteiger partial charge < -0.3 is 15.4 Å². The first-order valence-electron chi connectivity index (χ1n) is 7.75. The maximum atomic E-state index is 12.1. The van der Waals surface area contributed by atoms with Gasteiger partial charge in [-0.25, -0.2) is 0 Å². The Kier molecular flexibility index (Phi) is 5.64. The van der Waals surface area contributed by atoms with Crippen molar-refractivity contribution in [3.8, 4) is 0 Å². The highest BCUT2D eigenvalue weighted by Gasteiger charge is 2.36. The van der Waals surface area contributed by atoms with Gasteiger partial charge in [0.05, 0.1) is 12.7 Å². The third kappa shape index (κ3) is 4.46. The maximum Gasteiger partial charge on any atom is 0.223 e. The number of ether oxygens (including phenoxy) is 1. The average Bonchev–Trinajstić information content (AvgIpc) is 2.35. The second-order valence-corrected chi connectivity index (χ2v) is 6.23. The molecule has 110 valence electrons. The van der Waals surface area contributed by atoms with Gasteiger partial charge in [0, 0.05) is 18.5 Å². The van der Waals surface area contributed by atoms with E-state index in [-0.39, 0.29) is 11.8 Å². The van der Waals surface area contributed by atoms with Crippen LogP contribution in [0.4, 0.5) is 0 Å². The Labute approximate surface area is 116 Å². The second kappa shape index (κ2) is 7.25. The lowest BCUT2D eigenvalue weighted by Crippen LogP contribution is -2.46. The Hall–Kier alpha value is -0.610. The summed E-state index contributed by atoms with van der Waals surface area (Å²) in [5.41, 5.74) is 0. The molecule has 0 heterocycles. The minimum absolute atomic E-state index is 0.193. The molecule has 4 nitrogen and oxygen atoms in total. The molecule has 0 unspecified atom stereocenters. The minimum Gasteiger partial charge on any atom is -0.377 e. The van der Waals surface area contributed by atoms with Gasteiger partial charge in [-0.05, 0) is 51.5 Å². The van der Waals surface area contributed by atoms with Crippen molar-refractivity contribution in [2.45, 2.75) is 57.6 Å². The van der Waals surface area contributed by atoms with E-state index in [1.165, 1.54) is 12.8 Å². The molecule has 2 rings (SSSR count). The SMILES string of the molecule is CNCCOC1CC(C(=O)NC2CCC(C)CC2)C1. The number of carbonyl (C=O) groups is 1. The summed E-state index contributed by atoms with van der Waals surface area (Å²) >= 11 is 0. The third-order valence-corrected chi connectivity index (χ3v) is 4.53. The molecule has 0 atom stereocenters. The molecule has 2 fully saturated rings. The topological polar surface area (TPSA) is 50.4 Å². The first-order valence-corrected chi connectivity index (χ1v) is 7.75. The van der Waals surface area contributed by atoms with Crippen LogP contribution in [0.1, 0.15) is 45.4 Å². The number of amides is 1. The van der Waals surface area contributed by atoms with Gasteiger partial charge in [0.15, 0.2) is 0 Å². The van der Waals surface area contributed by atoms with Gasteiger partial charge in [0.25, 0.3) is 0 Å². The van der Waals surface area contributed by atoms with Gasteiger partial charge in [-0.15, -0.1) is 0 Å². The lowest BCUT2D eigenvalue weighted by atomic mass is 9.80. The van der Waals surface area contributed by atoms with Crippen molar-refractivity contribution < 1.29 is 9.53 Å². The number of likely N-dealkylation sites (N-methyl/N-ethyl adjacent to an activating group) is 1. The minimum atomic E-state index is 0.193. The number of hydrogen-bond donors (Lipinski definition) is 2. The number of hydrogen-bond acceptors (Lipinski definition) is 3. The highest BCUT2D eigenvalue weighted by Crippen LogP contribution is 2.31. The summed E-state index contributed by atoms with van der Waals surface area (Å²) in [5, 5.41) is 6.28. The largest absolute Gasteiger partial charge is 0.377 e. The highest BCUT2D eigenvalue weighted by molar-refractivity contribution is 5.80. The fraction of sp³-hybridized carbons (Fsp3) is 0.933. The van der Waals surface area contributed by atoms with Crippen LogP contribution < -0.4 is 10.6 Å². The molecule has 2 N–H and O–H groups in total. The van der Waals surface area contributed by atoms with Crippen molar-refractivity contribution >= 4 is 5.91 Å². The van der Waals surface area contributed by atoms with Crippen molar-refractivity contribution in [2.24, 2.45) is 11.8 Å². The molecule has 0 aromatic carbocycles. The smallest absolute Gasteiger partial charge is 0.223 e. The van der Waals surface area contributed by atoms with Crippen LogP contribution >= 0.6 is 0 Å². The Balaban J connectivity index is 1.58. The van der Waals surface area contributed by atoms with Crippen molar-refractivity contribution in [1.29, 1.82) is 0 Å². The molecule has 2 aliphatic carbocycles. The zero-order valence-corrected chi connectivity index (χ0v) is 12.3. The number of nitrogens with one attached hydrogen (secondary N) is 2. The van der Waals surface area contributed by atoms with E-state index in [1.807, 2.05) is 7.05 Å². The van der Waals surface area contributed by atoms with Crippen molar-refractivity contribution in [3.63, 3.8) is 0 Å². The fourth-order valence-electron chi connectivity index (χ4n) is 2.97. The molecule has 0 aliphatic heterocycles. The lowest BCUT2D eigenvalue weighted by molar-refractivity contribution is -0.134. The Morgan fingerprint density at radius 3 is 2.53 bits per heavy atom. The molecule has 2 saturated carbocycles. The summed E-state index contributed by atoms with van der Waals surface area (Å²) < 4.78 is 5.66. The molecular weight excluding hydrogens is 240 g/mol. The first kappa shape index (κ1) is 14.8. The first-order chi connectivity index (χ1) is 9.19. The zero-order chi connectivity index (χ0) is 13.7. The van der Waals surface area contributed by atoms with Crippen LogP contribution in [0.2, 0.25) is 0 Å². The van der Waals surface area contributed by atoms with Gasteiger partial charge in [-0.2, -0.15) is 0 Å². The van der Waals surface area contributed by atoms with Crippen LogP contribution in [0.5, 0.6) is 0 Å². The molecule has 0 aromatic heterocycles. The van der Waals surface area contributed by atoms with E-state index in [4.69, 9.17) is 4.74 Å². The van der Waals surface area contributed by atoms with Crippen molar-refractivity contribution in [1.82, 2.24) is 10.6 Å². The van der Waals surface area contributed by atoms with Crippen LogP contribution in [0.15, 0.2) is 0 Å². The van der Waals surface area contributed by atoms with E-state index in [0.29, 0.717) is 12.1 Å². The summed E-state index contributed by atoms with van der Waals surface area (Å²) in [6.07, 6.45) is 6.92. The van der Waals surface area contributed by atoms with E-state index >= 15 is 0 Å². The maximum absolute atomic E-state index is 12.1. The summed E-state index contributed by atoms with van der Waals surface area (Å²) in [5.74, 6) is 1.29. The van der Waals surface area contributed by atoms with Crippen molar-refractivity contribution in [2.75, 3.05) is 20.2 Å². The van der Waals surface area contributed by atoms with E-state index in [1.54, 1.807) is 0 Å². The summed E-state index contributed by atoms with van der Waals surface area (Å²) in [6.45, 7) is 3.93. The molecule has 0 bridgehead atoms. The molecule has 0 spiro atoms. The predicted molar refractivity (Wildman–Crippen MR) is 76.0 cm³/mol. The monoisotopic (exact) mass is 268 g/mol. The van der Waals surface area contributed by atoms with Gasteiger partial charge >= 0.3 is 0 Å². The summed E-state index contributed by atoms with van der Waals surface area (Å²) in [4.78, 5) is 12.1. The fourth-order valence-corrected chi connectivity index (χ4v) is 2.97. The highest BCUT2D eigenvalue weighted by atomic mass is 16.5. The van der Waals surface area contributed by atoms with Crippen molar-refractivity contribution in [3.05, 3.63) is 0 Å². The Morgan fingerprint density at radius 1 is 1.21 bits per heavy atom. The third-order valence-electron chi connectivity index (χ3n) is 4.53. The average molecular weight is 268 g/mol. The second-order valence-electron chi connectivity index (χ2n) is 6.23. The quantitative estimate of drug-likeness (QED) is 0.721. The zero-order valence-electron chi connectivity index (χ0n) is 12.3. The van der Waals surface area contributed by atoms with E-state index < -0.39 is 0 Å². The molecule has 19 heavy (non-hydrogen) atoms. The molecule has 0 aromatic rings.